The van der Waals surface area contributed by atoms with Crippen LogP contribution in [0.4, 0.5) is 0 Å². The van der Waals surface area contributed by atoms with Crippen molar-refractivity contribution in [3.63, 3.8) is 0 Å². The highest BCUT2D eigenvalue weighted by atomic mass is 35.5. The lowest BCUT2D eigenvalue weighted by Gasteiger charge is -2.04. The highest BCUT2D eigenvalue weighted by molar-refractivity contribution is 6.31. The quantitative estimate of drug-likeness (QED) is 0.450. The summed E-state index contributed by atoms with van der Waals surface area (Å²) in [4.78, 5) is 12.4. The van der Waals surface area contributed by atoms with Gasteiger partial charge in [0, 0.05) is 16.1 Å². The topological polar surface area (TPSA) is 17.1 Å². The Morgan fingerprint density at radius 1 is 0.684 bits per heavy atom. The minimum Gasteiger partial charge on any atom is -0.289 e. The molecule has 1 nitrogen and oxygen atoms in total. The van der Waals surface area contributed by atoms with Crippen LogP contribution in [-0.2, 0) is 0 Å². The van der Waals surface area contributed by atoms with Gasteiger partial charge in [-0.3, -0.25) is 4.79 Å². The molecule has 3 aromatic rings. The maximum atomic E-state index is 12.4. The molecule has 0 unspecified atom stereocenters. The summed E-state index contributed by atoms with van der Waals surface area (Å²) in [5.74, 6) is 0.113. The zero-order chi connectivity index (χ0) is 13.0. The lowest BCUT2D eigenvalue weighted by molar-refractivity contribution is 0.104. The van der Waals surface area contributed by atoms with Crippen LogP contribution in [0.5, 0.6) is 0 Å². The normalized spacial score (nSPS) is 12.6. The van der Waals surface area contributed by atoms with Crippen molar-refractivity contribution in [2.75, 3.05) is 0 Å². The van der Waals surface area contributed by atoms with Gasteiger partial charge in [-0.25, -0.2) is 0 Å². The monoisotopic (exact) mass is 264 g/mol. The fourth-order valence-corrected chi connectivity index (χ4v) is 2.92. The van der Waals surface area contributed by atoms with Crippen molar-refractivity contribution in [1.82, 2.24) is 0 Å². The van der Waals surface area contributed by atoms with Crippen LogP contribution in [0.1, 0.15) is 15.9 Å². The van der Waals surface area contributed by atoms with Crippen LogP contribution >= 0.6 is 11.6 Å². The second-order valence-electron chi connectivity index (χ2n) is 4.76. The molecular formula is C17H9ClO. The molecule has 0 N–H and O–H groups in total. The number of hydrogen-bond acceptors (Lipinski definition) is 1. The Labute approximate surface area is 115 Å². The predicted octanol–water partition coefficient (Wildman–Crippen LogP) is 4.70. The molecule has 0 spiro atoms. The predicted molar refractivity (Wildman–Crippen MR) is 77.8 cm³/mol. The van der Waals surface area contributed by atoms with Crippen LogP contribution in [0.25, 0.3) is 21.9 Å². The van der Waals surface area contributed by atoms with Crippen molar-refractivity contribution >= 4 is 28.2 Å². The standard InChI is InChI=1S/C17H9ClO/c18-12-6-5-10-8-16-15(9-11(10)7-12)13-3-1-2-4-14(13)17(16)19/h1-9H. The number of carbonyl (C=O) groups excluding carboxylic acids is 1. The lowest BCUT2D eigenvalue weighted by Crippen LogP contribution is -1.94. The van der Waals surface area contributed by atoms with E-state index in [1.54, 1.807) is 0 Å². The molecule has 0 aliphatic heterocycles. The Balaban J connectivity index is 2.11. The molecule has 0 atom stereocenters. The Morgan fingerprint density at radius 2 is 1.42 bits per heavy atom. The first kappa shape index (κ1) is 10.8. The van der Waals surface area contributed by atoms with Crippen LogP contribution in [0.15, 0.2) is 54.6 Å². The molecule has 0 saturated heterocycles. The van der Waals surface area contributed by atoms with Crippen LogP contribution in [-0.4, -0.2) is 5.78 Å². The van der Waals surface area contributed by atoms with E-state index in [2.05, 4.69) is 6.07 Å². The van der Waals surface area contributed by atoms with Crippen molar-refractivity contribution in [3.05, 3.63) is 70.7 Å². The lowest BCUT2D eigenvalue weighted by atomic mass is 10.0. The molecule has 0 radical (unpaired) electrons. The fraction of sp³-hybridized carbons (Fsp3) is 0. The summed E-state index contributed by atoms with van der Waals surface area (Å²) in [6, 6.07) is 17.5. The van der Waals surface area contributed by atoms with E-state index in [4.69, 9.17) is 11.6 Å². The second-order valence-corrected chi connectivity index (χ2v) is 5.20. The van der Waals surface area contributed by atoms with Gasteiger partial charge in [0.05, 0.1) is 0 Å². The number of hydrogen-bond donors (Lipinski definition) is 0. The van der Waals surface area contributed by atoms with Gasteiger partial charge in [0.15, 0.2) is 5.78 Å². The summed E-state index contributed by atoms with van der Waals surface area (Å²) < 4.78 is 0. The van der Waals surface area contributed by atoms with E-state index in [0.717, 1.165) is 33.0 Å². The molecule has 90 valence electrons. The SMILES string of the molecule is O=C1c2ccccc2-c2cc3cc(Cl)ccc3cc21. The van der Waals surface area contributed by atoms with Crippen molar-refractivity contribution in [2.45, 2.75) is 0 Å². The maximum absolute atomic E-state index is 12.4. The first-order valence-electron chi connectivity index (χ1n) is 6.11. The molecule has 1 aliphatic rings. The number of benzene rings is 3. The van der Waals surface area contributed by atoms with E-state index >= 15 is 0 Å². The van der Waals surface area contributed by atoms with Gasteiger partial charge in [-0.2, -0.15) is 0 Å². The summed E-state index contributed by atoms with van der Waals surface area (Å²) in [5, 5.41) is 2.82. The van der Waals surface area contributed by atoms with Crippen LogP contribution in [0, 0.1) is 0 Å². The smallest absolute Gasteiger partial charge is 0.194 e. The van der Waals surface area contributed by atoms with E-state index in [1.807, 2.05) is 48.5 Å². The summed E-state index contributed by atoms with van der Waals surface area (Å²) >= 11 is 6.03. The largest absolute Gasteiger partial charge is 0.289 e. The minimum absolute atomic E-state index is 0.113. The van der Waals surface area contributed by atoms with Gasteiger partial charge < -0.3 is 0 Å². The molecule has 1 aliphatic carbocycles. The van der Waals surface area contributed by atoms with Crippen molar-refractivity contribution < 1.29 is 4.79 Å². The molecule has 0 fully saturated rings. The van der Waals surface area contributed by atoms with E-state index < -0.39 is 0 Å². The molecule has 0 saturated carbocycles. The van der Waals surface area contributed by atoms with Gasteiger partial charge in [-0.05, 0) is 46.2 Å². The average Bonchev–Trinajstić information content (AvgIpc) is 2.70. The molecule has 19 heavy (non-hydrogen) atoms. The molecule has 0 heterocycles. The number of halogens is 1. The molecule has 4 rings (SSSR count). The van der Waals surface area contributed by atoms with Gasteiger partial charge in [0.1, 0.15) is 0 Å². The minimum atomic E-state index is 0.113. The number of fused-ring (bicyclic) bond motifs is 4. The zero-order valence-corrected chi connectivity index (χ0v) is 10.7. The highest BCUT2D eigenvalue weighted by Gasteiger charge is 2.26. The van der Waals surface area contributed by atoms with Gasteiger partial charge in [0.25, 0.3) is 0 Å². The molecular weight excluding hydrogens is 256 g/mol. The van der Waals surface area contributed by atoms with E-state index in [1.165, 1.54) is 0 Å². The van der Waals surface area contributed by atoms with Gasteiger partial charge in [-0.1, -0.05) is 41.9 Å². The van der Waals surface area contributed by atoms with E-state index in [9.17, 15) is 4.79 Å². The number of rotatable bonds is 0. The number of carbonyl (C=O) groups is 1. The van der Waals surface area contributed by atoms with Crippen molar-refractivity contribution in [2.24, 2.45) is 0 Å². The van der Waals surface area contributed by atoms with Crippen molar-refractivity contribution in [1.29, 1.82) is 0 Å². The number of ketones is 1. The first-order valence-corrected chi connectivity index (χ1v) is 6.49. The molecule has 0 bridgehead atoms. The third kappa shape index (κ3) is 1.45. The van der Waals surface area contributed by atoms with Crippen LogP contribution in [0.2, 0.25) is 5.02 Å². The van der Waals surface area contributed by atoms with Crippen LogP contribution < -0.4 is 0 Å². The first-order chi connectivity index (χ1) is 9.24. The van der Waals surface area contributed by atoms with E-state index in [-0.39, 0.29) is 5.78 Å². The van der Waals surface area contributed by atoms with Gasteiger partial charge in [-0.15, -0.1) is 0 Å². The average molecular weight is 265 g/mol. The summed E-state index contributed by atoms with van der Waals surface area (Å²) in [7, 11) is 0. The zero-order valence-electron chi connectivity index (χ0n) is 9.98. The van der Waals surface area contributed by atoms with E-state index in [0.29, 0.717) is 5.02 Å². The molecule has 0 amide bonds. The Hall–Kier alpha value is -2.12. The molecule has 3 aromatic carbocycles. The third-order valence-electron chi connectivity index (χ3n) is 3.65. The van der Waals surface area contributed by atoms with Crippen LogP contribution in [0.3, 0.4) is 0 Å². The van der Waals surface area contributed by atoms with Gasteiger partial charge >= 0.3 is 0 Å². The molecule has 2 heteroatoms. The Kier molecular flexibility index (Phi) is 2.09. The maximum Gasteiger partial charge on any atom is 0.194 e. The fourth-order valence-electron chi connectivity index (χ4n) is 2.74. The summed E-state index contributed by atoms with van der Waals surface area (Å²) in [6.45, 7) is 0. The summed E-state index contributed by atoms with van der Waals surface area (Å²) in [6.07, 6.45) is 0. The third-order valence-corrected chi connectivity index (χ3v) is 3.88. The van der Waals surface area contributed by atoms with Gasteiger partial charge in [0.2, 0.25) is 0 Å². The van der Waals surface area contributed by atoms with Crippen molar-refractivity contribution in [3.8, 4) is 11.1 Å². The Bertz CT molecular complexity index is 849. The second kappa shape index (κ2) is 3.69. The highest BCUT2D eigenvalue weighted by Crippen LogP contribution is 2.39. The molecule has 0 aromatic heterocycles. The summed E-state index contributed by atoms with van der Waals surface area (Å²) in [5.41, 5.74) is 3.61. The Morgan fingerprint density at radius 3 is 2.26 bits per heavy atom.